The van der Waals surface area contributed by atoms with E-state index < -0.39 is 0 Å². The van der Waals surface area contributed by atoms with E-state index in [0.29, 0.717) is 16.7 Å². The molecular weight excluding hydrogens is 326 g/mol. The highest BCUT2D eigenvalue weighted by atomic mass is 35.5. The predicted molar refractivity (Wildman–Crippen MR) is 92.4 cm³/mol. The first-order valence-corrected chi connectivity index (χ1v) is 8.86. The lowest BCUT2D eigenvalue weighted by atomic mass is 9.84. The summed E-state index contributed by atoms with van der Waals surface area (Å²) in [5.41, 5.74) is 0.836. The molecule has 128 valence electrons. The Labute approximate surface area is 146 Å². The van der Waals surface area contributed by atoms with E-state index in [1.54, 1.807) is 12.1 Å². The second-order valence-corrected chi connectivity index (χ2v) is 6.90. The van der Waals surface area contributed by atoms with Gasteiger partial charge in [-0.25, -0.2) is 0 Å². The maximum Gasteiger partial charge on any atom is 0.249 e. The molecule has 2 atom stereocenters. The van der Waals surface area contributed by atoms with Crippen LogP contribution in [-0.4, -0.2) is 16.0 Å². The third-order valence-corrected chi connectivity index (χ3v) is 5.05. The van der Waals surface area contributed by atoms with Crippen molar-refractivity contribution in [3.05, 3.63) is 35.2 Å². The Balaban J connectivity index is 1.79. The van der Waals surface area contributed by atoms with Crippen LogP contribution in [0.2, 0.25) is 5.02 Å². The van der Waals surface area contributed by atoms with Gasteiger partial charge in [-0.2, -0.15) is 4.98 Å². The van der Waals surface area contributed by atoms with Crippen molar-refractivity contribution < 1.29 is 9.32 Å². The van der Waals surface area contributed by atoms with Crippen molar-refractivity contribution in [2.24, 2.45) is 11.8 Å². The fourth-order valence-electron chi connectivity index (χ4n) is 2.70. The van der Waals surface area contributed by atoms with Crippen LogP contribution in [0, 0.1) is 11.8 Å². The molecular formula is C18H22ClN3O2. The standard InChI is InChI=1S/C18H22ClN3O2/c1-3-11(2)15(20-17(23)13-5-4-6-13)18-21-16(22-24-18)12-7-9-14(19)10-8-12/h7-11,13,15H,3-6H2,1-2H3,(H,20,23)/t11-,15+/m1/s1. The lowest BCUT2D eigenvalue weighted by Crippen LogP contribution is -2.39. The molecule has 0 saturated heterocycles. The van der Waals surface area contributed by atoms with Crippen LogP contribution in [0.1, 0.15) is 51.5 Å². The van der Waals surface area contributed by atoms with Gasteiger partial charge in [-0.05, 0) is 43.0 Å². The monoisotopic (exact) mass is 347 g/mol. The molecule has 2 aromatic rings. The molecule has 3 rings (SSSR count). The highest BCUT2D eigenvalue weighted by Gasteiger charge is 2.31. The summed E-state index contributed by atoms with van der Waals surface area (Å²) in [4.78, 5) is 16.8. The minimum Gasteiger partial charge on any atom is -0.344 e. The zero-order valence-corrected chi connectivity index (χ0v) is 14.7. The molecule has 0 bridgehead atoms. The number of carbonyl (C=O) groups is 1. The van der Waals surface area contributed by atoms with Gasteiger partial charge in [-0.15, -0.1) is 0 Å². The van der Waals surface area contributed by atoms with Crippen molar-refractivity contribution >= 4 is 17.5 Å². The molecule has 0 spiro atoms. The number of nitrogens with zero attached hydrogens (tertiary/aromatic N) is 2. The van der Waals surface area contributed by atoms with Crippen LogP contribution < -0.4 is 5.32 Å². The number of halogens is 1. The van der Waals surface area contributed by atoms with Gasteiger partial charge >= 0.3 is 0 Å². The van der Waals surface area contributed by atoms with Crippen LogP contribution in [0.15, 0.2) is 28.8 Å². The van der Waals surface area contributed by atoms with E-state index in [1.807, 2.05) is 12.1 Å². The Bertz CT molecular complexity index is 695. The molecule has 1 N–H and O–H groups in total. The highest BCUT2D eigenvalue weighted by Crippen LogP contribution is 2.30. The van der Waals surface area contributed by atoms with Crippen LogP contribution in [0.3, 0.4) is 0 Å². The molecule has 1 fully saturated rings. The van der Waals surface area contributed by atoms with Crippen LogP contribution >= 0.6 is 11.6 Å². The minimum absolute atomic E-state index is 0.0952. The average molecular weight is 348 g/mol. The smallest absolute Gasteiger partial charge is 0.249 e. The second kappa shape index (κ2) is 7.34. The zero-order valence-electron chi connectivity index (χ0n) is 14.0. The molecule has 1 amide bonds. The highest BCUT2D eigenvalue weighted by molar-refractivity contribution is 6.30. The summed E-state index contributed by atoms with van der Waals surface area (Å²) in [5.74, 6) is 1.41. The molecule has 6 heteroatoms. The molecule has 1 heterocycles. The van der Waals surface area contributed by atoms with Crippen LogP contribution in [0.25, 0.3) is 11.4 Å². The second-order valence-electron chi connectivity index (χ2n) is 6.46. The number of amides is 1. The summed E-state index contributed by atoms with van der Waals surface area (Å²) >= 11 is 5.91. The Morgan fingerprint density at radius 1 is 1.38 bits per heavy atom. The summed E-state index contributed by atoms with van der Waals surface area (Å²) in [7, 11) is 0. The topological polar surface area (TPSA) is 68.0 Å². The van der Waals surface area contributed by atoms with Crippen molar-refractivity contribution in [3.63, 3.8) is 0 Å². The molecule has 0 radical (unpaired) electrons. The number of carbonyl (C=O) groups excluding carboxylic acids is 1. The van der Waals surface area contributed by atoms with Crippen LogP contribution in [-0.2, 0) is 4.79 Å². The van der Waals surface area contributed by atoms with Crippen molar-refractivity contribution in [2.45, 2.75) is 45.6 Å². The van der Waals surface area contributed by atoms with E-state index >= 15 is 0 Å². The van der Waals surface area contributed by atoms with E-state index in [-0.39, 0.29) is 23.8 Å². The molecule has 1 saturated carbocycles. The third kappa shape index (κ3) is 3.61. The molecule has 1 aromatic heterocycles. The SMILES string of the molecule is CC[C@@H](C)[C@H](NC(=O)C1CCC1)c1nc(-c2ccc(Cl)cc2)no1. The van der Waals surface area contributed by atoms with E-state index in [9.17, 15) is 4.79 Å². The molecule has 5 nitrogen and oxygen atoms in total. The summed E-state index contributed by atoms with van der Waals surface area (Å²) < 4.78 is 5.46. The molecule has 1 aromatic carbocycles. The predicted octanol–water partition coefficient (Wildman–Crippen LogP) is 4.39. The summed E-state index contributed by atoms with van der Waals surface area (Å²) in [6.45, 7) is 4.17. The first-order chi connectivity index (χ1) is 11.6. The zero-order chi connectivity index (χ0) is 17.1. The molecule has 0 aliphatic heterocycles. The number of aromatic nitrogens is 2. The van der Waals surface area contributed by atoms with E-state index in [1.165, 1.54) is 0 Å². The van der Waals surface area contributed by atoms with Gasteiger partial charge < -0.3 is 9.84 Å². The number of benzene rings is 1. The van der Waals surface area contributed by atoms with Gasteiger partial charge in [0.25, 0.3) is 0 Å². The Kier molecular flexibility index (Phi) is 5.19. The Morgan fingerprint density at radius 2 is 2.08 bits per heavy atom. The largest absolute Gasteiger partial charge is 0.344 e. The van der Waals surface area contributed by atoms with E-state index in [4.69, 9.17) is 16.1 Å². The van der Waals surface area contributed by atoms with Gasteiger partial charge in [0.15, 0.2) is 0 Å². The van der Waals surface area contributed by atoms with Crippen molar-refractivity contribution in [1.82, 2.24) is 15.5 Å². The molecule has 0 unspecified atom stereocenters. The van der Waals surface area contributed by atoms with Gasteiger partial charge in [-0.3, -0.25) is 4.79 Å². The fourth-order valence-corrected chi connectivity index (χ4v) is 2.83. The molecule has 1 aliphatic carbocycles. The fraction of sp³-hybridized carbons (Fsp3) is 0.500. The van der Waals surface area contributed by atoms with Crippen molar-refractivity contribution in [3.8, 4) is 11.4 Å². The number of hydrogen-bond acceptors (Lipinski definition) is 4. The van der Waals surface area contributed by atoms with E-state index in [0.717, 1.165) is 31.2 Å². The average Bonchev–Trinajstić information content (AvgIpc) is 3.00. The lowest BCUT2D eigenvalue weighted by Gasteiger charge is -2.28. The lowest BCUT2D eigenvalue weighted by molar-refractivity contribution is -0.128. The first kappa shape index (κ1) is 17.0. The Hall–Kier alpha value is -1.88. The third-order valence-electron chi connectivity index (χ3n) is 4.80. The minimum atomic E-state index is -0.253. The van der Waals surface area contributed by atoms with Crippen molar-refractivity contribution in [1.29, 1.82) is 0 Å². The summed E-state index contributed by atoms with van der Waals surface area (Å²) in [6, 6.07) is 7.02. The normalized spacial score (nSPS) is 17.1. The summed E-state index contributed by atoms with van der Waals surface area (Å²) in [5, 5.41) is 7.82. The molecule has 24 heavy (non-hydrogen) atoms. The number of hydrogen-bond donors (Lipinski definition) is 1. The maximum atomic E-state index is 12.3. The van der Waals surface area contributed by atoms with Gasteiger partial charge in [0.05, 0.1) is 0 Å². The van der Waals surface area contributed by atoms with Gasteiger partial charge in [0, 0.05) is 16.5 Å². The maximum absolute atomic E-state index is 12.3. The van der Waals surface area contributed by atoms with Gasteiger partial charge in [-0.1, -0.05) is 43.4 Å². The van der Waals surface area contributed by atoms with Crippen LogP contribution in [0.5, 0.6) is 0 Å². The van der Waals surface area contributed by atoms with E-state index in [2.05, 4.69) is 29.3 Å². The molecule has 1 aliphatic rings. The Morgan fingerprint density at radius 3 is 2.67 bits per heavy atom. The number of rotatable bonds is 6. The first-order valence-electron chi connectivity index (χ1n) is 8.48. The number of nitrogens with one attached hydrogen (secondary N) is 1. The van der Waals surface area contributed by atoms with Gasteiger partial charge in [0.2, 0.25) is 17.6 Å². The van der Waals surface area contributed by atoms with Crippen molar-refractivity contribution in [2.75, 3.05) is 0 Å². The van der Waals surface area contributed by atoms with Gasteiger partial charge in [0.1, 0.15) is 6.04 Å². The summed E-state index contributed by atoms with van der Waals surface area (Å²) in [6.07, 6.45) is 3.99. The quantitative estimate of drug-likeness (QED) is 0.841. The van der Waals surface area contributed by atoms with Crippen LogP contribution in [0.4, 0.5) is 0 Å².